The van der Waals surface area contributed by atoms with E-state index >= 15 is 0 Å². The Morgan fingerprint density at radius 2 is 2.08 bits per heavy atom. The van der Waals surface area contributed by atoms with E-state index in [1.807, 2.05) is 42.6 Å². The van der Waals surface area contributed by atoms with Crippen molar-refractivity contribution in [3.8, 4) is 16.9 Å². The van der Waals surface area contributed by atoms with E-state index < -0.39 is 0 Å². The molecule has 122 valence electrons. The van der Waals surface area contributed by atoms with Crippen molar-refractivity contribution in [1.29, 1.82) is 0 Å². The number of nitrogens with one attached hydrogen (secondary N) is 1. The van der Waals surface area contributed by atoms with Crippen LogP contribution in [0, 0.1) is 5.92 Å². The standard InChI is InChI=1S/C17H17N5O2/c18-10-24-13-7-5-11(6-8-13)14-2-1-9-22-15(14)19-17(21-22)20-16(23)12-3-4-12/h1-2,5-9,12H,3-4,10,18H2,(H,20,21,23). The highest BCUT2D eigenvalue weighted by molar-refractivity contribution is 5.93. The number of rotatable bonds is 5. The molecule has 3 aromatic rings. The van der Waals surface area contributed by atoms with Gasteiger partial charge in [-0.25, -0.2) is 4.52 Å². The average molecular weight is 323 g/mol. The smallest absolute Gasteiger partial charge is 0.249 e. The average Bonchev–Trinajstić information content (AvgIpc) is 3.36. The van der Waals surface area contributed by atoms with E-state index in [1.54, 1.807) is 4.52 Å². The molecule has 0 radical (unpaired) electrons. The largest absolute Gasteiger partial charge is 0.479 e. The molecule has 2 aromatic heterocycles. The summed E-state index contributed by atoms with van der Waals surface area (Å²) in [6, 6.07) is 11.5. The molecule has 1 aromatic carbocycles. The van der Waals surface area contributed by atoms with E-state index in [-0.39, 0.29) is 18.6 Å². The first kappa shape index (κ1) is 14.6. The molecule has 1 amide bonds. The van der Waals surface area contributed by atoms with Crippen molar-refractivity contribution in [2.75, 3.05) is 12.0 Å². The summed E-state index contributed by atoms with van der Waals surface area (Å²) in [6.07, 6.45) is 3.70. The van der Waals surface area contributed by atoms with Crippen LogP contribution in [0.5, 0.6) is 5.75 Å². The van der Waals surface area contributed by atoms with Gasteiger partial charge >= 0.3 is 0 Å². The van der Waals surface area contributed by atoms with Crippen molar-refractivity contribution in [2.24, 2.45) is 11.7 Å². The number of nitrogens with two attached hydrogens (primary N) is 1. The van der Waals surface area contributed by atoms with Crippen LogP contribution < -0.4 is 15.8 Å². The quantitative estimate of drug-likeness (QED) is 0.701. The lowest BCUT2D eigenvalue weighted by Gasteiger charge is -2.05. The van der Waals surface area contributed by atoms with E-state index in [0.29, 0.717) is 17.3 Å². The number of carbonyl (C=O) groups is 1. The number of aromatic nitrogens is 3. The summed E-state index contributed by atoms with van der Waals surface area (Å²) in [5.41, 5.74) is 7.98. The van der Waals surface area contributed by atoms with Gasteiger partial charge in [0.1, 0.15) is 12.5 Å². The van der Waals surface area contributed by atoms with E-state index in [4.69, 9.17) is 10.5 Å². The van der Waals surface area contributed by atoms with Gasteiger partial charge in [-0.1, -0.05) is 12.1 Å². The van der Waals surface area contributed by atoms with Crippen LogP contribution >= 0.6 is 0 Å². The van der Waals surface area contributed by atoms with Crippen LogP contribution in [0.25, 0.3) is 16.8 Å². The Morgan fingerprint density at radius 1 is 1.29 bits per heavy atom. The van der Waals surface area contributed by atoms with Crippen molar-refractivity contribution in [2.45, 2.75) is 12.8 Å². The number of anilines is 1. The fraction of sp³-hybridized carbons (Fsp3) is 0.235. The molecule has 0 bridgehead atoms. The van der Waals surface area contributed by atoms with Gasteiger partial charge < -0.3 is 4.74 Å². The molecule has 1 saturated carbocycles. The van der Waals surface area contributed by atoms with Crippen molar-refractivity contribution in [1.82, 2.24) is 14.6 Å². The summed E-state index contributed by atoms with van der Waals surface area (Å²) in [5.74, 6) is 1.16. The van der Waals surface area contributed by atoms with Gasteiger partial charge in [-0.15, -0.1) is 5.10 Å². The number of hydrogen-bond acceptors (Lipinski definition) is 5. The van der Waals surface area contributed by atoms with Crippen LogP contribution in [0.15, 0.2) is 42.6 Å². The first-order valence-corrected chi connectivity index (χ1v) is 7.84. The van der Waals surface area contributed by atoms with Gasteiger partial charge in [0, 0.05) is 17.7 Å². The van der Waals surface area contributed by atoms with Gasteiger partial charge in [-0.2, -0.15) is 4.98 Å². The Labute approximate surface area is 138 Å². The number of ether oxygens (including phenoxy) is 1. The first-order chi connectivity index (χ1) is 11.7. The summed E-state index contributed by atoms with van der Waals surface area (Å²) in [6.45, 7) is 0.142. The third kappa shape index (κ3) is 2.81. The first-order valence-electron chi connectivity index (χ1n) is 7.84. The van der Waals surface area contributed by atoms with E-state index in [9.17, 15) is 4.79 Å². The highest BCUT2D eigenvalue weighted by atomic mass is 16.5. The summed E-state index contributed by atoms with van der Waals surface area (Å²) in [4.78, 5) is 16.3. The van der Waals surface area contributed by atoms with Crippen LogP contribution in [-0.4, -0.2) is 27.2 Å². The molecule has 0 saturated heterocycles. The Bertz CT molecular complexity index is 884. The Morgan fingerprint density at radius 3 is 2.79 bits per heavy atom. The number of nitrogens with zero attached hydrogens (tertiary/aromatic N) is 3. The van der Waals surface area contributed by atoms with Gasteiger partial charge in [0.25, 0.3) is 0 Å². The fourth-order valence-electron chi connectivity index (χ4n) is 2.57. The van der Waals surface area contributed by atoms with Crippen molar-refractivity contribution >= 4 is 17.5 Å². The predicted molar refractivity (Wildman–Crippen MR) is 89.5 cm³/mol. The minimum Gasteiger partial charge on any atom is -0.479 e. The summed E-state index contributed by atoms with van der Waals surface area (Å²) < 4.78 is 6.93. The second kappa shape index (κ2) is 5.93. The summed E-state index contributed by atoms with van der Waals surface area (Å²) in [7, 11) is 0. The van der Waals surface area contributed by atoms with E-state index in [0.717, 1.165) is 24.0 Å². The minimum atomic E-state index is -0.00394. The number of benzene rings is 1. The van der Waals surface area contributed by atoms with Gasteiger partial charge in [0.2, 0.25) is 11.9 Å². The van der Waals surface area contributed by atoms with Crippen LogP contribution in [0.1, 0.15) is 12.8 Å². The summed E-state index contributed by atoms with van der Waals surface area (Å²) in [5, 5.41) is 7.11. The molecule has 24 heavy (non-hydrogen) atoms. The molecule has 0 unspecified atom stereocenters. The number of amides is 1. The molecular formula is C17H17N5O2. The van der Waals surface area contributed by atoms with Crippen LogP contribution in [-0.2, 0) is 4.79 Å². The van der Waals surface area contributed by atoms with Crippen LogP contribution in [0.4, 0.5) is 5.95 Å². The normalized spacial score (nSPS) is 13.9. The van der Waals surface area contributed by atoms with Crippen molar-refractivity contribution < 1.29 is 9.53 Å². The zero-order valence-electron chi connectivity index (χ0n) is 13.0. The lowest BCUT2D eigenvalue weighted by Crippen LogP contribution is -2.14. The maximum atomic E-state index is 11.9. The molecular weight excluding hydrogens is 306 g/mol. The molecule has 3 N–H and O–H groups in total. The Hall–Kier alpha value is -2.93. The zero-order chi connectivity index (χ0) is 16.5. The fourth-order valence-corrected chi connectivity index (χ4v) is 2.57. The van der Waals surface area contributed by atoms with Crippen molar-refractivity contribution in [3.05, 3.63) is 42.6 Å². The molecule has 2 heterocycles. The van der Waals surface area contributed by atoms with Crippen molar-refractivity contribution in [3.63, 3.8) is 0 Å². The monoisotopic (exact) mass is 323 g/mol. The van der Waals surface area contributed by atoms with Gasteiger partial charge in [-0.3, -0.25) is 15.8 Å². The number of hydrogen-bond donors (Lipinski definition) is 2. The second-order valence-electron chi connectivity index (χ2n) is 5.72. The van der Waals surface area contributed by atoms with Crippen LogP contribution in [0.2, 0.25) is 0 Å². The summed E-state index contributed by atoms with van der Waals surface area (Å²) >= 11 is 0. The number of pyridine rings is 1. The molecule has 4 rings (SSSR count). The molecule has 1 fully saturated rings. The Kier molecular flexibility index (Phi) is 3.62. The molecule has 1 aliphatic carbocycles. The topological polar surface area (TPSA) is 94.5 Å². The lowest BCUT2D eigenvalue weighted by molar-refractivity contribution is -0.117. The molecule has 1 aliphatic rings. The SMILES string of the molecule is NCOc1ccc(-c2cccn3nc(NC(=O)C4CC4)nc23)cc1. The Balaban J connectivity index is 1.67. The van der Waals surface area contributed by atoms with Gasteiger partial charge in [-0.05, 0) is 42.7 Å². The third-order valence-corrected chi connectivity index (χ3v) is 3.96. The maximum absolute atomic E-state index is 11.9. The van der Waals surface area contributed by atoms with E-state index in [1.165, 1.54) is 0 Å². The van der Waals surface area contributed by atoms with Gasteiger partial charge in [0.05, 0.1) is 0 Å². The van der Waals surface area contributed by atoms with E-state index in [2.05, 4.69) is 15.4 Å². The molecule has 0 spiro atoms. The second-order valence-corrected chi connectivity index (χ2v) is 5.72. The maximum Gasteiger partial charge on any atom is 0.249 e. The highest BCUT2D eigenvalue weighted by Crippen LogP contribution is 2.30. The number of carbonyl (C=O) groups excluding carboxylic acids is 1. The number of fused-ring (bicyclic) bond motifs is 1. The molecule has 7 heteroatoms. The van der Waals surface area contributed by atoms with Gasteiger partial charge in [0.15, 0.2) is 5.65 Å². The molecule has 0 aliphatic heterocycles. The molecule has 0 atom stereocenters. The third-order valence-electron chi connectivity index (χ3n) is 3.96. The minimum absolute atomic E-state index is 0.00394. The van der Waals surface area contributed by atoms with Crippen LogP contribution in [0.3, 0.4) is 0 Å². The zero-order valence-corrected chi connectivity index (χ0v) is 13.0. The lowest BCUT2D eigenvalue weighted by atomic mass is 10.1. The molecule has 7 nitrogen and oxygen atoms in total. The highest BCUT2D eigenvalue weighted by Gasteiger charge is 2.30. The predicted octanol–water partition coefficient (Wildman–Crippen LogP) is 2.04.